The Labute approximate surface area is 88.3 Å². The largest absolute Gasteiger partial charge is 0.338 e. The first-order valence-corrected chi connectivity index (χ1v) is 4.90. The number of halogens is 1. The number of terminal acetylenes is 1. The Morgan fingerprint density at radius 2 is 2.40 bits per heavy atom. The normalized spacial score (nSPS) is 20.3. The standard InChI is InChI=1S/C11H12FN3/c1-3-10-6-8(2)13-11(14-10)15-5-4-9(12)7-15/h1,6,9H,4-5,7H2,2H3. The quantitative estimate of drug-likeness (QED) is 0.647. The van der Waals surface area contributed by atoms with Crippen LogP contribution in [0, 0.1) is 19.3 Å². The monoisotopic (exact) mass is 205 g/mol. The van der Waals surface area contributed by atoms with Crippen molar-refractivity contribution in [2.24, 2.45) is 0 Å². The number of hydrogen-bond acceptors (Lipinski definition) is 3. The number of anilines is 1. The van der Waals surface area contributed by atoms with Crippen molar-refractivity contribution >= 4 is 5.95 Å². The van der Waals surface area contributed by atoms with E-state index in [1.807, 2.05) is 11.8 Å². The van der Waals surface area contributed by atoms with Gasteiger partial charge in [0.15, 0.2) is 0 Å². The van der Waals surface area contributed by atoms with Crippen LogP contribution in [-0.4, -0.2) is 29.2 Å². The number of alkyl halides is 1. The Bertz CT molecular complexity index is 411. The highest BCUT2D eigenvalue weighted by Gasteiger charge is 2.23. The summed E-state index contributed by atoms with van der Waals surface area (Å²) in [5.74, 6) is 3.02. The second-order valence-electron chi connectivity index (χ2n) is 3.67. The summed E-state index contributed by atoms with van der Waals surface area (Å²) in [6, 6.07) is 1.74. The zero-order valence-corrected chi connectivity index (χ0v) is 8.57. The molecule has 1 aliphatic heterocycles. The molecular formula is C11H12FN3. The van der Waals surface area contributed by atoms with Gasteiger partial charge in [-0.3, -0.25) is 0 Å². The molecule has 0 N–H and O–H groups in total. The molecule has 1 saturated heterocycles. The summed E-state index contributed by atoms with van der Waals surface area (Å²) in [7, 11) is 0. The minimum Gasteiger partial charge on any atom is -0.338 e. The predicted octanol–water partition coefficient (Wildman–Crippen LogP) is 1.31. The van der Waals surface area contributed by atoms with Crippen molar-refractivity contribution in [3.63, 3.8) is 0 Å². The number of nitrogens with zero attached hydrogens (tertiary/aromatic N) is 3. The van der Waals surface area contributed by atoms with Gasteiger partial charge in [0.25, 0.3) is 0 Å². The molecule has 0 bridgehead atoms. The molecule has 0 saturated carbocycles. The van der Waals surface area contributed by atoms with Crippen LogP contribution in [0.1, 0.15) is 17.8 Å². The van der Waals surface area contributed by atoms with Gasteiger partial charge in [-0.25, -0.2) is 14.4 Å². The van der Waals surface area contributed by atoms with Crippen molar-refractivity contribution in [1.29, 1.82) is 0 Å². The number of aryl methyl sites for hydroxylation is 1. The average Bonchev–Trinajstić information content (AvgIpc) is 2.64. The first-order chi connectivity index (χ1) is 7.19. The van der Waals surface area contributed by atoms with Crippen molar-refractivity contribution in [2.45, 2.75) is 19.5 Å². The fraction of sp³-hybridized carbons (Fsp3) is 0.455. The lowest BCUT2D eigenvalue weighted by Crippen LogP contribution is -2.23. The van der Waals surface area contributed by atoms with Crippen LogP contribution in [-0.2, 0) is 0 Å². The molecular weight excluding hydrogens is 193 g/mol. The molecule has 1 atom stereocenters. The summed E-state index contributed by atoms with van der Waals surface area (Å²) in [5, 5.41) is 0. The molecule has 0 aromatic carbocycles. The second-order valence-corrected chi connectivity index (χ2v) is 3.67. The summed E-state index contributed by atoms with van der Waals surface area (Å²) in [4.78, 5) is 10.3. The zero-order valence-electron chi connectivity index (χ0n) is 8.57. The van der Waals surface area contributed by atoms with Crippen molar-refractivity contribution < 1.29 is 4.39 Å². The van der Waals surface area contributed by atoms with Gasteiger partial charge < -0.3 is 4.90 Å². The molecule has 15 heavy (non-hydrogen) atoms. The molecule has 2 rings (SSSR count). The third-order valence-electron chi connectivity index (χ3n) is 2.40. The second kappa shape index (κ2) is 3.85. The van der Waals surface area contributed by atoms with Gasteiger partial charge in [0.05, 0.1) is 6.54 Å². The molecule has 4 heteroatoms. The van der Waals surface area contributed by atoms with Crippen LogP contribution in [0.5, 0.6) is 0 Å². The van der Waals surface area contributed by atoms with Gasteiger partial charge >= 0.3 is 0 Å². The minimum absolute atomic E-state index is 0.369. The van der Waals surface area contributed by atoms with E-state index in [1.54, 1.807) is 6.07 Å². The Kier molecular flexibility index (Phi) is 2.55. The molecule has 1 aromatic heterocycles. The molecule has 1 aromatic rings. The Hall–Kier alpha value is -1.63. The average molecular weight is 205 g/mol. The fourth-order valence-corrected chi connectivity index (χ4v) is 1.67. The first-order valence-electron chi connectivity index (χ1n) is 4.90. The summed E-state index contributed by atoms with van der Waals surface area (Å²) in [6.07, 6.45) is 5.05. The zero-order chi connectivity index (χ0) is 10.8. The molecule has 2 heterocycles. The predicted molar refractivity (Wildman–Crippen MR) is 56.4 cm³/mol. The lowest BCUT2D eigenvalue weighted by atomic mass is 10.3. The van der Waals surface area contributed by atoms with E-state index in [-0.39, 0.29) is 0 Å². The van der Waals surface area contributed by atoms with E-state index in [4.69, 9.17) is 6.42 Å². The molecule has 0 radical (unpaired) electrons. The maximum absolute atomic E-state index is 13.0. The van der Waals surface area contributed by atoms with E-state index in [0.29, 0.717) is 31.2 Å². The number of hydrogen-bond donors (Lipinski definition) is 0. The molecule has 0 spiro atoms. The molecule has 1 unspecified atom stereocenters. The lowest BCUT2D eigenvalue weighted by molar-refractivity contribution is 0.364. The van der Waals surface area contributed by atoms with Crippen molar-refractivity contribution in [3.8, 4) is 12.3 Å². The topological polar surface area (TPSA) is 29.0 Å². The highest BCUT2D eigenvalue weighted by Crippen LogP contribution is 2.18. The Morgan fingerprint density at radius 1 is 1.60 bits per heavy atom. The summed E-state index contributed by atoms with van der Waals surface area (Å²) >= 11 is 0. The fourth-order valence-electron chi connectivity index (χ4n) is 1.67. The van der Waals surface area contributed by atoms with E-state index < -0.39 is 6.17 Å². The van der Waals surface area contributed by atoms with Crippen LogP contribution < -0.4 is 4.90 Å². The third kappa shape index (κ3) is 2.07. The van der Waals surface area contributed by atoms with Gasteiger partial charge in [0.2, 0.25) is 5.95 Å². The highest BCUT2D eigenvalue weighted by molar-refractivity contribution is 5.38. The maximum atomic E-state index is 13.0. The molecule has 1 aliphatic rings. The molecule has 3 nitrogen and oxygen atoms in total. The van der Waals surface area contributed by atoms with Gasteiger partial charge in [-0.15, -0.1) is 6.42 Å². The molecule has 0 aliphatic carbocycles. The summed E-state index contributed by atoms with van der Waals surface area (Å²) < 4.78 is 13.0. The first kappa shape index (κ1) is 9.91. The summed E-state index contributed by atoms with van der Waals surface area (Å²) in [5.41, 5.74) is 1.37. The van der Waals surface area contributed by atoms with E-state index in [9.17, 15) is 4.39 Å². The molecule has 78 valence electrons. The van der Waals surface area contributed by atoms with Gasteiger partial charge in [-0.05, 0) is 19.4 Å². The smallest absolute Gasteiger partial charge is 0.226 e. The van der Waals surface area contributed by atoms with Gasteiger partial charge in [0.1, 0.15) is 11.9 Å². The number of rotatable bonds is 1. The van der Waals surface area contributed by atoms with Crippen LogP contribution in [0.25, 0.3) is 0 Å². The van der Waals surface area contributed by atoms with Crippen LogP contribution in [0.15, 0.2) is 6.07 Å². The van der Waals surface area contributed by atoms with E-state index in [2.05, 4.69) is 15.9 Å². The highest BCUT2D eigenvalue weighted by atomic mass is 19.1. The lowest BCUT2D eigenvalue weighted by Gasteiger charge is -2.15. The minimum atomic E-state index is -0.775. The van der Waals surface area contributed by atoms with E-state index in [0.717, 1.165) is 5.69 Å². The van der Waals surface area contributed by atoms with Gasteiger partial charge in [-0.2, -0.15) is 0 Å². The van der Waals surface area contributed by atoms with Crippen molar-refractivity contribution in [1.82, 2.24) is 9.97 Å². The number of aromatic nitrogens is 2. The van der Waals surface area contributed by atoms with E-state index >= 15 is 0 Å². The van der Waals surface area contributed by atoms with Crippen LogP contribution in [0.2, 0.25) is 0 Å². The van der Waals surface area contributed by atoms with Gasteiger partial charge in [0, 0.05) is 12.2 Å². The Morgan fingerprint density at radius 3 is 3.00 bits per heavy atom. The van der Waals surface area contributed by atoms with Crippen molar-refractivity contribution in [3.05, 3.63) is 17.5 Å². The van der Waals surface area contributed by atoms with Crippen molar-refractivity contribution in [2.75, 3.05) is 18.0 Å². The van der Waals surface area contributed by atoms with Crippen LogP contribution in [0.4, 0.5) is 10.3 Å². The Balaban J connectivity index is 2.29. The third-order valence-corrected chi connectivity index (χ3v) is 2.40. The maximum Gasteiger partial charge on any atom is 0.226 e. The molecule has 1 fully saturated rings. The SMILES string of the molecule is C#Cc1cc(C)nc(N2CCC(F)C2)n1. The van der Waals surface area contributed by atoms with E-state index in [1.165, 1.54) is 0 Å². The summed E-state index contributed by atoms with van der Waals surface area (Å²) in [6.45, 7) is 2.89. The van der Waals surface area contributed by atoms with Crippen LogP contribution in [0.3, 0.4) is 0 Å². The van der Waals surface area contributed by atoms with Gasteiger partial charge in [-0.1, -0.05) is 5.92 Å². The molecule has 0 amide bonds. The van der Waals surface area contributed by atoms with Crippen LogP contribution >= 0.6 is 0 Å².